The van der Waals surface area contributed by atoms with Crippen molar-refractivity contribution in [2.45, 2.75) is 32.0 Å². The molecule has 2 N–H and O–H groups in total. The molecule has 0 aromatic rings. The van der Waals surface area contributed by atoms with Gasteiger partial charge in [0, 0.05) is 12.8 Å². The Labute approximate surface area is 106 Å². The summed E-state index contributed by atoms with van der Waals surface area (Å²) in [6.07, 6.45) is 0.326. The minimum absolute atomic E-state index is 0.119. The maximum atomic E-state index is 11.7. The Morgan fingerprint density at radius 2 is 1.50 bits per heavy atom. The average Bonchev–Trinajstić information content (AvgIpc) is 2.34. The van der Waals surface area contributed by atoms with Gasteiger partial charge in [0.15, 0.2) is 5.79 Å². The second kappa shape index (κ2) is 5.67. The third-order valence-electron chi connectivity index (χ3n) is 3.61. The zero-order valence-electron chi connectivity index (χ0n) is 10.9. The highest BCUT2D eigenvalue weighted by molar-refractivity contribution is 5.77. The topological polar surface area (TPSA) is 93.1 Å². The largest absolute Gasteiger partial charge is 0.469 e. The maximum Gasteiger partial charge on any atom is 0.309 e. The number of ether oxygens (including phenoxy) is 2. The Morgan fingerprint density at radius 3 is 1.78 bits per heavy atom. The molecule has 1 aliphatic rings. The molecule has 1 fully saturated rings. The summed E-state index contributed by atoms with van der Waals surface area (Å²) in [4.78, 5) is 23.4. The maximum absolute atomic E-state index is 11.7. The molecule has 0 saturated heterocycles. The van der Waals surface area contributed by atoms with Crippen LogP contribution in [0.4, 0.5) is 0 Å². The zero-order chi connectivity index (χ0) is 13.9. The molecular weight excluding hydrogens is 240 g/mol. The van der Waals surface area contributed by atoms with E-state index >= 15 is 0 Å². The van der Waals surface area contributed by atoms with Gasteiger partial charge in [0.1, 0.15) is 0 Å². The number of carbonyl (C=O) groups excluding carboxylic acids is 2. The Kier molecular flexibility index (Phi) is 4.70. The fraction of sp³-hybridized carbons (Fsp3) is 0.833. The number of aliphatic hydroxyl groups is 2. The molecule has 2 atom stereocenters. The highest BCUT2D eigenvalue weighted by Gasteiger charge is 2.49. The van der Waals surface area contributed by atoms with Gasteiger partial charge in [0.2, 0.25) is 0 Å². The third kappa shape index (κ3) is 3.00. The number of hydrogen-bond acceptors (Lipinski definition) is 6. The van der Waals surface area contributed by atoms with E-state index in [-0.39, 0.29) is 18.8 Å². The highest BCUT2D eigenvalue weighted by atomic mass is 16.5. The minimum atomic E-state index is -2.04. The molecule has 2 unspecified atom stereocenters. The summed E-state index contributed by atoms with van der Waals surface area (Å²) >= 11 is 0. The van der Waals surface area contributed by atoms with Gasteiger partial charge in [-0.15, -0.1) is 0 Å². The van der Waals surface area contributed by atoms with Gasteiger partial charge >= 0.3 is 11.9 Å². The molecule has 0 spiro atoms. The quantitative estimate of drug-likeness (QED) is 0.551. The highest BCUT2D eigenvalue weighted by Crippen LogP contribution is 2.42. The minimum Gasteiger partial charge on any atom is -0.469 e. The van der Waals surface area contributed by atoms with E-state index in [1.165, 1.54) is 14.2 Å². The van der Waals surface area contributed by atoms with E-state index < -0.39 is 29.6 Å². The molecule has 1 saturated carbocycles. The van der Waals surface area contributed by atoms with Gasteiger partial charge in [-0.2, -0.15) is 0 Å². The van der Waals surface area contributed by atoms with E-state index in [1.54, 1.807) is 0 Å². The average molecular weight is 260 g/mol. The van der Waals surface area contributed by atoms with Crippen molar-refractivity contribution < 1.29 is 29.3 Å². The van der Waals surface area contributed by atoms with Crippen molar-refractivity contribution in [1.82, 2.24) is 0 Å². The Bertz CT molecular complexity index is 297. The predicted octanol–water partition coefficient (Wildman–Crippen LogP) is 0.0657. The van der Waals surface area contributed by atoms with E-state index in [9.17, 15) is 19.8 Å². The lowest BCUT2D eigenvalue weighted by molar-refractivity contribution is -0.221. The molecule has 0 aromatic carbocycles. The molecule has 0 heterocycles. The molecule has 1 rings (SSSR count). The van der Waals surface area contributed by atoms with Crippen molar-refractivity contribution in [3.63, 3.8) is 0 Å². The lowest BCUT2D eigenvalue weighted by atomic mass is 9.68. The van der Waals surface area contributed by atoms with Crippen molar-refractivity contribution in [1.29, 1.82) is 0 Å². The first-order valence-corrected chi connectivity index (χ1v) is 5.96. The molecule has 18 heavy (non-hydrogen) atoms. The first kappa shape index (κ1) is 14.9. The van der Waals surface area contributed by atoms with Crippen LogP contribution in [0.2, 0.25) is 0 Å². The van der Waals surface area contributed by atoms with Crippen molar-refractivity contribution >= 4 is 11.9 Å². The second-order valence-corrected chi connectivity index (χ2v) is 4.72. The lowest BCUT2D eigenvalue weighted by Crippen LogP contribution is -2.49. The van der Waals surface area contributed by atoms with Crippen molar-refractivity contribution in [3.8, 4) is 0 Å². The van der Waals surface area contributed by atoms with Crippen molar-refractivity contribution in [3.05, 3.63) is 0 Å². The molecule has 1 aliphatic carbocycles. The molecule has 6 nitrogen and oxygen atoms in total. The van der Waals surface area contributed by atoms with E-state index in [4.69, 9.17) is 0 Å². The standard InChI is InChI=1S/C12H20O6/c1-4-7-8(10(13)17-2)5-12(15,16)6-9(7)11(14)18-3/h7-9,15-16H,4-6H2,1-3H3. The number of carbonyl (C=O) groups is 2. The first-order chi connectivity index (χ1) is 8.36. The van der Waals surface area contributed by atoms with Crippen LogP contribution in [-0.2, 0) is 19.1 Å². The summed E-state index contributed by atoms with van der Waals surface area (Å²) in [5.74, 6) is -4.78. The zero-order valence-corrected chi connectivity index (χ0v) is 10.9. The molecule has 0 bridgehead atoms. The predicted molar refractivity (Wildman–Crippen MR) is 61.2 cm³/mol. The van der Waals surface area contributed by atoms with Gasteiger partial charge in [-0.25, -0.2) is 0 Å². The first-order valence-electron chi connectivity index (χ1n) is 5.96. The smallest absolute Gasteiger partial charge is 0.309 e. The SMILES string of the molecule is CCC1C(C(=O)OC)CC(O)(O)CC1C(=O)OC. The van der Waals surface area contributed by atoms with Crippen molar-refractivity contribution in [2.24, 2.45) is 17.8 Å². The van der Waals surface area contributed by atoms with Crippen LogP contribution in [0.3, 0.4) is 0 Å². The summed E-state index contributed by atoms with van der Waals surface area (Å²) in [5, 5.41) is 19.5. The van der Waals surface area contributed by atoms with Crippen LogP contribution < -0.4 is 0 Å². The van der Waals surface area contributed by atoms with Crippen LogP contribution in [-0.4, -0.2) is 42.2 Å². The fourth-order valence-electron chi connectivity index (χ4n) is 2.76. The number of methoxy groups -OCH3 is 2. The van der Waals surface area contributed by atoms with E-state index in [2.05, 4.69) is 9.47 Å². The van der Waals surface area contributed by atoms with Crippen LogP contribution in [0.25, 0.3) is 0 Å². The summed E-state index contributed by atoms with van der Waals surface area (Å²) in [6, 6.07) is 0. The van der Waals surface area contributed by atoms with Gasteiger partial charge in [0.25, 0.3) is 0 Å². The van der Waals surface area contributed by atoms with Gasteiger partial charge in [-0.1, -0.05) is 13.3 Å². The molecule has 6 heteroatoms. The van der Waals surface area contributed by atoms with Crippen LogP contribution in [0.15, 0.2) is 0 Å². The summed E-state index contributed by atoms with van der Waals surface area (Å²) in [7, 11) is 2.49. The molecule has 0 radical (unpaired) electrons. The van der Waals surface area contributed by atoms with Gasteiger partial charge in [-0.05, 0) is 5.92 Å². The van der Waals surface area contributed by atoms with Crippen molar-refractivity contribution in [2.75, 3.05) is 14.2 Å². The van der Waals surface area contributed by atoms with E-state index in [0.29, 0.717) is 6.42 Å². The van der Waals surface area contributed by atoms with Crippen LogP contribution in [0.1, 0.15) is 26.2 Å². The van der Waals surface area contributed by atoms with E-state index in [1.807, 2.05) is 6.92 Å². The Morgan fingerprint density at radius 1 is 1.11 bits per heavy atom. The van der Waals surface area contributed by atoms with Gasteiger partial charge in [-0.3, -0.25) is 9.59 Å². The van der Waals surface area contributed by atoms with Crippen LogP contribution in [0.5, 0.6) is 0 Å². The molecule has 104 valence electrons. The van der Waals surface area contributed by atoms with Crippen LogP contribution >= 0.6 is 0 Å². The normalized spacial score (nSPS) is 30.6. The Hall–Kier alpha value is -1.14. The number of hydrogen-bond donors (Lipinski definition) is 2. The molecular formula is C12H20O6. The fourth-order valence-corrected chi connectivity index (χ4v) is 2.76. The van der Waals surface area contributed by atoms with Gasteiger partial charge < -0.3 is 19.7 Å². The Balaban J connectivity index is 3.02. The molecule has 0 amide bonds. The second-order valence-electron chi connectivity index (χ2n) is 4.72. The number of rotatable bonds is 3. The lowest BCUT2D eigenvalue weighted by Gasteiger charge is -2.41. The van der Waals surface area contributed by atoms with Gasteiger partial charge in [0.05, 0.1) is 26.1 Å². The third-order valence-corrected chi connectivity index (χ3v) is 3.61. The monoisotopic (exact) mass is 260 g/mol. The molecule has 0 aliphatic heterocycles. The number of esters is 2. The summed E-state index contributed by atoms with van der Waals surface area (Å²) in [5.41, 5.74) is 0. The van der Waals surface area contributed by atoms with Crippen LogP contribution in [0, 0.1) is 17.8 Å². The summed E-state index contributed by atoms with van der Waals surface area (Å²) < 4.78 is 9.33. The molecule has 0 aromatic heterocycles. The van der Waals surface area contributed by atoms with E-state index in [0.717, 1.165) is 0 Å². The summed E-state index contributed by atoms with van der Waals surface area (Å²) in [6.45, 7) is 1.85.